The first-order valence-electron chi connectivity index (χ1n) is 14.3. The van der Waals surface area contributed by atoms with Gasteiger partial charge in [-0.3, -0.25) is 13.9 Å². The number of likely N-dealkylation sites (N-methyl/N-ethyl adjacent to an activating group) is 1. The molecule has 0 saturated carbocycles. The van der Waals surface area contributed by atoms with Gasteiger partial charge in [-0.05, 0) is 73.9 Å². The van der Waals surface area contributed by atoms with Crippen molar-refractivity contribution >= 4 is 62.3 Å². The molecule has 4 rings (SSSR count). The number of hydrogen-bond acceptors (Lipinski definition) is 4. The van der Waals surface area contributed by atoms with E-state index >= 15 is 0 Å². The Morgan fingerprint density at radius 2 is 1.49 bits per heavy atom. The number of hydrogen-bond donors (Lipinski definition) is 1. The van der Waals surface area contributed by atoms with Crippen LogP contribution in [-0.4, -0.2) is 44.3 Å². The number of benzene rings is 4. The lowest BCUT2D eigenvalue weighted by atomic mass is 10.0. The summed E-state index contributed by atoms with van der Waals surface area (Å²) in [4.78, 5) is 29.5. The molecule has 1 unspecified atom stereocenters. The van der Waals surface area contributed by atoms with Gasteiger partial charge in [0.25, 0.3) is 10.0 Å². The van der Waals surface area contributed by atoms with E-state index in [1.54, 1.807) is 56.3 Å². The summed E-state index contributed by atoms with van der Waals surface area (Å²) >= 11 is 18.9. The van der Waals surface area contributed by atoms with E-state index in [9.17, 15) is 18.0 Å². The second-order valence-corrected chi connectivity index (χ2v) is 13.7. The number of rotatable bonds is 12. The predicted octanol–water partition coefficient (Wildman–Crippen LogP) is 7.24. The second kappa shape index (κ2) is 15.1. The van der Waals surface area contributed by atoms with Crippen LogP contribution in [0.15, 0.2) is 95.9 Å². The minimum atomic E-state index is -4.24. The van der Waals surface area contributed by atoms with Gasteiger partial charge < -0.3 is 10.2 Å². The molecule has 11 heteroatoms. The molecule has 4 aromatic rings. The molecule has 0 aliphatic rings. The zero-order valence-corrected chi connectivity index (χ0v) is 28.2. The van der Waals surface area contributed by atoms with E-state index in [0.717, 1.165) is 21.0 Å². The van der Waals surface area contributed by atoms with Gasteiger partial charge in [-0.15, -0.1) is 0 Å². The van der Waals surface area contributed by atoms with E-state index in [1.807, 2.05) is 37.3 Å². The van der Waals surface area contributed by atoms with Crippen molar-refractivity contribution in [3.63, 3.8) is 0 Å². The lowest BCUT2D eigenvalue weighted by molar-refractivity contribution is -0.140. The Labute approximate surface area is 279 Å². The molecule has 0 fully saturated rings. The van der Waals surface area contributed by atoms with Crippen molar-refractivity contribution in [3.8, 4) is 0 Å². The fraction of sp³-hybridized carbons (Fsp3) is 0.235. The minimum Gasteiger partial charge on any atom is -0.355 e. The molecule has 1 N–H and O–H groups in total. The van der Waals surface area contributed by atoms with Crippen LogP contribution >= 0.6 is 34.8 Å². The average molecular weight is 687 g/mol. The highest BCUT2D eigenvalue weighted by molar-refractivity contribution is 7.92. The Morgan fingerprint density at radius 3 is 2.11 bits per heavy atom. The number of nitrogens with zero attached hydrogens (tertiary/aromatic N) is 2. The van der Waals surface area contributed by atoms with E-state index in [-0.39, 0.29) is 34.5 Å². The Balaban J connectivity index is 1.82. The highest BCUT2D eigenvalue weighted by atomic mass is 35.5. The van der Waals surface area contributed by atoms with Gasteiger partial charge in [-0.1, -0.05) is 95.0 Å². The van der Waals surface area contributed by atoms with Gasteiger partial charge in [0.05, 0.1) is 20.6 Å². The number of nitrogens with one attached hydrogen (secondary N) is 1. The van der Waals surface area contributed by atoms with Crippen molar-refractivity contribution in [2.75, 3.05) is 17.4 Å². The first kappa shape index (κ1) is 34.3. The summed E-state index contributed by atoms with van der Waals surface area (Å²) in [6.07, 6.45) is 0.195. The summed E-state index contributed by atoms with van der Waals surface area (Å²) in [5.74, 6) is -0.971. The highest BCUT2D eigenvalue weighted by Gasteiger charge is 2.34. The number of sulfonamides is 1. The maximum absolute atomic E-state index is 14.5. The van der Waals surface area contributed by atoms with Gasteiger partial charge in [0, 0.05) is 24.5 Å². The van der Waals surface area contributed by atoms with E-state index in [1.165, 1.54) is 23.1 Å². The maximum Gasteiger partial charge on any atom is 0.264 e. The maximum atomic E-state index is 14.5. The zero-order chi connectivity index (χ0) is 32.7. The highest BCUT2D eigenvalue weighted by Crippen LogP contribution is 2.29. The van der Waals surface area contributed by atoms with Crippen molar-refractivity contribution in [1.82, 2.24) is 10.2 Å². The summed E-state index contributed by atoms with van der Waals surface area (Å²) in [5.41, 5.74) is 3.29. The van der Waals surface area contributed by atoms with Crippen LogP contribution in [0.5, 0.6) is 0 Å². The first-order chi connectivity index (χ1) is 21.4. The molecular weight excluding hydrogens is 653 g/mol. The first-order valence-corrected chi connectivity index (χ1v) is 16.9. The number of aryl methyl sites for hydroxylation is 2. The van der Waals surface area contributed by atoms with Gasteiger partial charge in [0.2, 0.25) is 11.8 Å². The number of carbonyl (C=O) groups is 2. The molecule has 0 bridgehead atoms. The van der Waals surface area contributed by atoms with Crippen LogP contribution in [0, 0.1) is 13.8 Å². The molecule has 7 nitrogen and oxygen atoms in total. The topological polar surface area (TPSA) is 86.8 Å². The van der Waals surface area contributed by atoms with E-state index < -0.39 is 28.5 Å². The van der Waals surface area contributed by atoms with Gasteiger partial charge in [0.15, 0.2) is 0 Å². The molecule has 2 amide bonds. The third kappa shape index (κ3) is 8.58. The average Bonchev–Trinajstić information content (AvgIpc) is 3.01. The van der Waals surface area contributed by atoms with E-state index in [4.69, 9.17) is 34.8 Å². The Hall–Kier alpha value is -3.56. The molecule has 0 saturated heterocycles. The molecule has 45 heavy (non-hydrogen) atoms. The van der Waals surface area contributed by atoms with Gasteiger partial charge >= 0.3 is 0 Å². The van der Waals surface area contributed by atoms with E-state index in [0.29, 0.717) is 22.2 Å². The van der Waals surface area contributed by atoms with Crippen LogP contribution in [0.1, 0.15) is 29.2 Å². The number of carbonyl (C=O) groups excluding carboxylic acids is 2. The van der Waals surface area contributed by atoms with Crippen LogP contribution < -0.4 is 9.62 Å². The fourth-order valence-corrected chi connectivity index (χ4v) is 6.69. The van der Waals surface area contributed by atoms with Gasteiger partial charge in [-0.2, -0.15) is 0 Å². The van der Waals surface area contributed by atoms with E-state index in [2.05, 4.69) is 5.32 Å². The predicted molar refractivity (Wildman–Crippen MR) is 182 cm³/mol. The van der Waals surface area contributed by atoms with Crippen LogP contribution in [0.3, 0.4) is 0 Å². The quantitative estimate of drug-likeness (QED) is 0.170. The minimum absolute atomic E-state index is 0.0122. The Morgan fingerprint density at radius 1 is 0.800 bits per heavy atom. The second-order valence-electron chi connectivity index (χ2n) is 10.6. The monoisotopic (exact) mass is 685 g/mol. The third-order valence-electron chi connectivity index (χ3n) is 7.29. The molecule has 4 aromatic carbocycles. The summed E-state index contributed by atoms with van der Waals surface area (Å²) in [5, 5.41) is 3.82. The smallest absolute Gasteiger partial charge is 0.264 e. The van der Waals surface area contributed by atoms with Crippen molar-refractivity contribution < 1.29 is 18.0 Å². The van der Waals surface area contributed by atoms with Crippen LogP contribution in [0.2, 0.25) is 15.1 Å². The summed E-state index contributed by atoms with van der Waals surface area (Å²) in [6.45, 7) is 5.16. The molecule has 0 spiro atoms. The van der Waals surface area contributed by atoms with Crippen LogP contribution in [0.25, 0.3) is 0 Å². The normalized spacial score (nSPS) is 12.0. The SMILES string of the molecule is CCNC(=O)C(Cc1ccccc1)N(Cc1ccc(Cl)c(Cl)c1)C(=O)CN(c1ccc(C)c(Cl)c1)S(=O)(=O)c1ccc(C)cc1. The number of amides is 2. The molecular formula is C34H34Cl3N3O4S. The zero-order valence-electron chi connectivity index (χ0n) is 25.1. The summed E-state index contributed by atoms with van der Waals surface area (Å²) < 4.78 is 29.3. The molecule has 236 valence electrons. The van der Waals surface area contributed by atoms with Crippen molar-refractivity contribution in [2.45, 2.75) is 44.7 Å². The van der Waals surface area contributed by atoms with Gasteiger partial charge in [0.1, 0.15) is 12.6 Å². The van der Waals surface area contributed by atoms with Crippen LogP contribution in [-0.2, 0) is 32.6 Å². The summed E-state index contributed by atoms with van der Waals surface area (Å²) in [6, 6.07) is 24.5. The molecule has 0 aliphatic carbocycles. The molecule has 1 atom stereocenters. The van der Waals surface area contributed by atoms with Crippen molar-refractivity contribution in [1.29, 1.82) is 0 Å². The third-order valence-corrected chi connectivity index (χ3v) is 10.2. The number of halogens is 3. The Bertz CT molecular complexity index is 1770. The van der Waals surface area contributed by atoms with Crippen LogP contribution in [0.4, 0.5) is 5.69 Å². The fourth-order valence-electron chi connectivity index (χ4n) is 4.78. The molecule has 0 heterocycles. The summed E-state index contributed by atoms with van der Waals surface area (Å²) in [7, 11) is -4.24. The molecule has 0 aliphatic heterocycles. The lowest BCUT2D eigenvalue weighted by Gasteiger charge is -2.34. The largest absolute Gasteiger partial charge is 0.355 e. The standard InChI is InChI=1S/C34H34Cl3N3O4S/c1-4-38-34(42)32(19-25-8-6-5-7-9-25)39(21-26-13-17-29(35)31(37)18-26)33(41)22-40(27-14-12-24(3)30(36)20-27)45(43,44)28-15-10-23(2)11-16-28/h5-18,20,32H,4,19,21-22H2,1-3H3,(H,38,42). The lowest BCUT2D eigenvalue weighted by Crippen LogP contribution is -2.53. The van der Waals surface area contributed by atoms with Gasteiger partial charge in [-0.25, -0.2) is 8.42 Å². The molecule has 0 aromatic heterocycles. The van der Waals surface area contributed by atoms with Crippen molar-refractivity contribution in [3.05, 3.63) is 128 Å². The number of anilines is 1. The Kier molecular flexibility index (Phi) is 11.6. The molecule has 0 radical (unpaired) electrons. The van der Waals surface area contributed by atoms with Crippen molar-refractivity contribution in [2.24, 2.45) is 0 Å².